The molecule has 12 heavy (non-hydrogen) atoms. The Morgan fingerprint density at radius 1 is 1.33 bits per heavy atom. The molecule has 0 N–H and O–H groups in total. The Kier molecular flexibility index (Phi) is 2.81. The average molecular weight is 159 g/mol. The molecule has 0 aromatic heterocycles. The second kappa shape index (κ2) is 3.86. The van der Waals surface area contributed by atoms with E-state index in [0.29, 0.717) is 0 Å². The Hall–Kier alpha value is -1.37. The minimum absolute atomic E-state index is 1.15. The molecular formula is C11H13N. The first-order valence-corrected chi connectivity index (χ1v) is 3.95. The summed E-state index contributed by atoms with van der Waals surface area (Å²) < 4.78 is 0. The van der Waals surface area contributed by atoms with Crippen molar-refractivity contribution in [3.63, 3.8) is 0 Å². The van der Waals surface area contributed by atoms with Crippen LogP contribution in [0.15, 0.2) is 36.0 Å². The van der Waals surface area contributed by atoms with Crippen LogP contribution in [0.3, 0.4) is 0 Å². The summed E-state index contributed by atoms with van der Waals surface area (Å²) in [6.45, 7) is 7.69. The van der Waals surface area contributed by atoms with Crippen LogP contribution in [0.25, 0.3) is 0 Å². The summed E-state index contributed by atoms with van der Waals surface area (Å²) in [4.78, 5) is 3.97. The van der Waals surface area contributed by atoms with Crippen LogP contribution in [-0.4, -0.2) is 6.21 Å². The summed E-state index contributed by atoms with van der Waals surface area (Å²) in [5.74, 6) is 0. The van der Waals surface area contributed by atoms with Gasteiger partial charge in [-0.05, 0) is 25.0 Å². The molecule has 0 aliphatic heterocycles. The van der Waals surface area contributed by atoms with Gasteiger partial charge in [0.15, 0.2) is 0 Å². The van der Waals surface area contributed by atoms with Crippen LogP contribution in [0.4, 0.5) is 0 Å². The Balaban J connectivity index is 3.01. The monoisotopic (exact) mass is 159 g/mol. The third kappa shape index (κ3) is 2.06. The molecule has 62 valence electrons. The highest BCUT2D eigenvalue weighted by atomic mass is 14.7. The number of aryl methyl sites for hydroxylation is 2. The van der Waals surface area contributed by atoms with E-state index in [4.69, 9.17) is 0 Å². The van der Waals surface area contributed by atoms with Crippen molar-refractivity contribution in [2.75, 3.05) is 0 Å². The maximum Gasteiger partial charge on any atom is 0.0342 e. The summed E-state index contributed by atoms with van der Waals surface area (Å²) in [6.07, 6.45) is 3.36. The van der Waals surface area contributed by atoms with Gasteiger partial charge in [-0.25, -0.2) is 0 Å². The first-order chi connectivity index (χ1) is 5.74. The first-order valence-electron chi connectivity index (χ1n) is 3.95. The molecule has 1 aromatic rings. The van der Waals surface area contributed by atoms with Crippen LogP contribution < -0.4 is 0 Å². The number of nitrogens with zero attached hydrogens (tertiary/aromatic N) is 1. The van der Waals surface area contributed by atoms with Crippen molar-refractivity contribution >= 4 is 6.21 Å². The van der Waals surface area contributed by atoms with Gasteiger partial charge < -0.3 is 0 Å². The van der Waals surface area contributed by atoms with Crippen molar-refractivity contribution in [3.8, 4) is 0 Å². The largest absolute Gasteiger partial charge is 0.265 e. The molecule has 0 aliphatic carbocycles. The quantitative estimate of drug-likeness (QED) is 0.588. The molecular weight excluding hydrogens is 146 g/mol. The number of hydrogen-bond donors (Lipinski definition) is 0. The molecule has 0 atom stereocenters. The fourth-order valence-electron chi connectivity index (χ4n) is 1.10. The predicted octanol–water partition coefficient (Wildman–Crippen LogP) is 2.87. The number of hydrogen-bond acceptors (Lipinski definition) is 1. The predicted molar refractivity (Wildman–Crippen MR) is 53.7 cm³/mol. The molecule has 1 aromatic carbocycles. The number of benzene rings is 1. The topological polar surface area (TPSA) is 12.4 Å². The molecule has 1 heteroatoms. The van der Waals surface area contributed by atoms with Gasteiger partial charge in [-0.2, -0.15) is 0 Å². The van der Waals surface area contributed by atoms with Crippen LogP contribution in [0.2, 0.25) is 0 Å². The molecule has 0 spiro atoms. The van der Waals surface area contributed by atoms with Gasteiger partial charge in [0.2, 0.25) is 0 Å². The van der Waals surface area contributed by atoms with Crippen LogP contribution in [0.1, 0.15) is 16.7 Å². The van der Waals surface area contributed by atoms with Gasteiger partial charge >= 0.3 is 0 Å². The van der Waals surface area contributed by atoms with Gasteiger partial charge in [0, 0.05) is 12.4 Å². The van der Waals surface area contributed by atoms with E-state index in [1.807, 2.05) is 6.21 Å². The molecule has 0 bridgehead atoms. The Morgan fingerprint density at radius 3 is 2.67 bits per heavy atom. The van der Waals surface area contributed by atoms with Gasteiger partial charge in [0.05, 0.1) is 0 Å². The zero-order chi connectivity index (χ0) is 8.97. The standard InChI is InChI=1S/C11H13N/c1-4-12-8-11-6-5-9(2)7-10(11)3/h4-8H,1H2,2-3H3/b12-8-. The van der Waals surface area contributed by atoms with Crippen LogP contribution in [0, 0.1) is 13.8 Å². The normalized spacial score (nSPS) is 10.5. The van der Waals surface area contributed by atoms with Crippen molar-refractivity contribution < 1.29 is 0 Å². The maximum atomic E-state index is 3.97. The fourth-order valence-corrected chi connectivity index (χ4v) is 1.10. The summed E-state index contributed by atoms with van der Waals surface area (Å²) in [5.41, 5.74) is 3.68. The molecule has 0 amide bonds. The highest BCUT2D eigenvalue weighted by Crippen LogP contribution is 2.07. The first kappa shape index (κ1) is 8.72. The SMILES string of the molecule is C=C/N=C\c1ccc(C)cc1C. The van der Waals surface area contributed by atoms with Crippen molar-refractivity contribution in [1.29, 1.82) is 0 Å². The maximum absolute atomic E-state index is 3.97. The van der Waals surface area contributed by atoms with E-state index in [0.717, 1.165) is 5.56 Å². The summed E-state index contributed by atoms with van der Waals surface area (Å²) in [5, 5.41) is 0. The summed E-state index contributed by atoms with van der Waals surface area (Å²) in [6, 6.07) is 6.29. The molecule has 0 unspecified atom stereocenters. The lowest BCUT2D eigenvalue weighted by atomic mass is 10.1. The van der Waals surface area contributed by atoms with E-state index in [9.17, 15) is 0 Å². The minimum Gasteiger partial charge on any atom is -0.265 e. The Morgan fingerprint density at radius 2 is 2.08 bits per heavy atom. The molecule has 1 nitrogen and oxygen atoms in total. The van der Waals surface area contributed by atoms with E-state index in [1.54, 1.807) is 6.20 Å². The van der Waals surface area contributed by atoms with E-state index in [-0.39, 0.29) is 0 Å². The van der Waals surface area contributed by atoms with Crippen LogP contribution in [-0.2, 0) is 0 Å². The lowest BCUT2D eigenvalue weighted by Crippen LogP contribution is -1.86. The van der Waals surface area contributed by atoms with Crippen molar-refractivity contribution in [2.45, 2.75) is 13.8 Å². The molecule has 0 radical (unpaired) electrons. The van der Waals surface area contributed by atoms with Crippen molar-refractivity contribution in [2.24, 2.45) is 4.99 Å². The van der Waals surface area contributed by atoms with Gasteiger partial charge in [0.25, 0.3) is 0 Å². The summed E-state index contributed by atoms with van der Waals surface area (Å²) in [7, 11) is 0. The fraction of sp³-hybridized carbons (Fsp3) is 0.182. The van der Waals surface area contributed by atoms with Crippen molar-refractivity contribution in [1.82, 2.24) is 0 Å². The zero-order valence-electron chi connectivity index (χ0n) is 7.54. The Labute approximate surface area is 73.5 Å². The van der Waals surface area contributed by atoms with Gasteiger partial charge in [-0.15, -0.1) is 0 Å². The third-order valence-electron chi connectivity index (χ3n) is 1.74. The molecule has 1 rings (SSSR count). The highest BCUT2D eigenvalue weighted by molar-refractivity contribution is 5.82. The van der Waals surface area contributed by atoms with E-state index in [2.05, 4.69) is 43.6 Å². The lowest BCUT2D eigenvalue weighted by molar-refractivity contribution is 1.37. The van der Waals surface area contributed by atoms with Crippen LogP contribution >= 0.6 is 0 Å². The van der Waals surface area contributed by atoms with Crippen molar-refractivity contribution in [3.05, 3.63) is 47.7 Å². The van der Waals surface area contributed by atoms with E-state index >= 15 is 0 Å². The lowest BCUT2D eigenvalue weighted by Gasteiger charge is -1.99. The van der Waals surface area contributed by atoms with Gasteiger partial charge in [-0.1, -0.05) is 30.3 Å². The van der Waals surface area contributed by atoms with Crippen LogP contribution in [0.5, 0.6) is 0 Å². The molecule has 0 heterocycles. The molecule has 0 fully saturated rings. The molecule has 0 aliphatic rings. The second-order valence-electron chi connectivity index (χ2n) is 2.82. The third-order valence-corrected chi connectivity index (χ3v) is 1.74. The van der Waals surface area contributed by atoms with E-state index in [1.165, 1.54) is 11.1 Å². The molecule has 0 saturated heterocycles. The van der Waals surface area contributed by atoms with Gasteiger partial charge in [-0.3, -0.25) is 4.99 Å². The summed E-state index contributed by atoms with van der Waals surface area (Å²) >= 11 is 0. The number of rotatable bonds is 2. The Bertz CT molecular complexity index is 311. The smallest absolute Gasteiger partial charge is 0.0342 e. The average Bonchev–Trinajstić information content (AvgIpc) is 2.03. The van der Waals surface area contributed by atoms with Gasteiger partial charge in [0.1, 0.15) is 0 Å². The highest BCUT2D eigenvalue weighted by Gasteiger charge is 1.93. The minimum atomic E-state index is 1.15. The van der Waals surface area contributed by atoms with E-state index < -0.39 is 0 Å². The zero-order valence-corrected chi connectivity index (χ0v) is 7.54. The second-order valence-corrected chi connectivity index (χ2v) is 2.82. The molecule has 0 saturated carbocycles. The number of aliphatic imine (C=N–C) groups is 1.